The Hall–Kier alpha value is -0.890. The molecule has 9 heavy (non-hydrogen) atoms. The second kappa shape index (κ2) is 7.11. The second-order valence-electron chi connectivity index (χ2n) is 1.16. The third-order valence-corrected chi connectivity index (χ3v) is 1.15. The normalized spacial score (nSPS) is 6.67. The number of allylic oxidation sites excluding steroid dienone is 1. The summed E-state index contributed by atoms with van der Waals surface area (Å²) >= 11 is 1.71. The summed E-state index contributed by atoms with van der Waals surface area (Å²) in [5.41, 5.74) is 0. The molecule has 48 valence electrons. The Labute approximate surface area is 58.6 Å². The van der Waals surface area contributed by atoms with Crippen molar-refractivity contribution >= 4 is 17.6 Å². The maximum atomic E-state index is 9.06. The Kier molecular flexibility index (Phi) is 6.41. The van der Waals surface area contributed by atoms with Gasteiger partial charge in [-0.3, -0.25) is 4.79 Å². The molecule has 0 aromatic carbocycles. The van der Waals surface area contributed by atoms with Gasteiger partial charge in [0, 0.05) is 0 Å². The molecule has 0 atom stereocenters. The Bertz CT molecular complexity index is 121. The third-order valence-electron chi connectivity index (χ3n) is 0.522. The van der Waals surface area contributed by atoms with E-state index in [4.69, 9.17) is 4.79 Å². The quantitative estimate of drug-likeness (QED) is 0.431. The van der Waals surface area contributed by atoms with Crippen LogP contribution in [0.25, 0.3) is 0 Å². The summed E-state index contributed by atoms with van der Waals surface area (Å²) in [5.74, 6) is 0. The fourth-order valence-electron chi connectivity index (χ4n) is 0.227. The third kappa shape index (κ3) is 7.11. The zero-order valence-corrected chi connectivity index (χ0v) is 5.80. The number of hydrogen-bond donors (Lipinski definition) is 0. The van der Waals surface area contributed by atoms with Crippen LogP contribution in [0.5, 0.6) is 0 Å². The minimum absolute atomic E-state index is 0.639. The second-order valence-corrected chi connectivity index (χ2v) is 1.98. The van der Waals surface area contributed by atoms with Gasteiger partial charge in [-0.1, -0.05) is 18.7 Å². The van der Waals surface area contributed by atoms with Gasteiger partial charge in [-0.15, -0.1) is 0 Å². The lowest BCUT2D eigenvalue weighted by Crippen LogP contribution is -1.44. The monoisotopic (exact) mass is 140 g/mol. The minimum Gasteiger partial charge on any atom is -0.299 e. The van der Waals surface area contributed by atoms with E-state index in [0.29, 0.717) is 6.29 Å². The Balaban J connectivity index is 0.000000148. The van der Waals surface area contributed by atoms with Gasteiger partial charge in [0.05, 0.1) is 0 Å². The van der Waals surface area contributed by atoms with Crippen molar-refractivity contribution in [3.63, 3.8) is 0 Å². The van der Waals surface area contributed by atoms with Gasteiger partial charge in [-0.05, 0) is 16.8 Å². The molecule has 0 spiro atoms. The van der Waals surface area contributed by atoms with E-state index in [9.17, 15) is 0 Å². The highest BCUT2D eigenvalue weighted by atomic mass is 32.1. The zero-order valence-electron chi connectivity index (χ0n) is 4.99. The molecule has 0 saturated heterocycles. The van der Waals surface area contributed by atoms with E-state index in [-0.39, 0.29) is 0 Å². The number of hydrogen-bond acceptors (Lipinski definition) is 2. The number of rotatable bonds is 1. The molecule has 0 amide bonds. The smallest absolute Gasteiger partial charge is 0.142 e. The Morgan fingerprint density at radius 3 is 1.89 bits per heavy atom. The van der Waals surface area contributed by atoms with Crippen molar-refractivity contribution < 1.29 is 4.79 Å². The van der Waals surface area contributed by atoms with Crippen molar-refractivity contribution in [3.05, 3.63) is 35.5 Å². The molecule has 0 aliphatic rings. The van der Waals surface area contributed by atoms with Crippen LogP contribution in [0.4, 0.5) is 0 Å². The molecule has 0 fully saturated rings. The van der Waals surface area contributed by atoms with Crippen molar-refractivity contribution in [2.45, 2.75) is 0 Å². The summed E-state index contributed by atoms with van der Waals surface area (Å²) in [4.78, 5) is 9.06. The zero-order chi connectivity index (χ0) is 6.95. The van der Waals surface area contributed by atoms with E-state index in [0.717, 1.165) is 0 Å². The van der Waals surface area contributed by atoms with Crippen molar-refractivity contribution in [2.24, 2.45) is 0 Å². The lowest BCUT2D eigenvalue weighted by molar-refractivity contribution is -0.104. The number of carbonyl (C=O) groups is 1. The summed E-state index contributed by atoms with van der Waals surface area (Å²) in [7, 11) is 0. The highest BCUT2D eigenvalue weighted by molar-refractivity contribution is 7.07. The number of carbonyl (C=O) groups excluding carboxylic acids is 1. The summed E-state index contributed by atoms with van der Waals surface area (Å²) < 4.78 is 0. The van der Waals surface area contributed by atoms with E-state index in [1.807, 2.05) is 22.9 Å². The van der Waals surface area contributed by atoms with Crippen LogP contribution in [0.2, 0.25) is 0 Å². The fraction of sp³-hybridized carbons (Fsp3) is 0. The summed E-state index contributed by atoms with van der Waals surface area (Å²) in [5, 5.41) is 4.08. The largest absolute Gasteiger partial charge is 0.299 e. The molecule has 1 nitrogen and oxygen atoms in total. The number of aldehydes is 1. The van der Waals surface area contributed by atoms with E-state index in [2.05, 4.69) is 6.58 Å². The van der Waals surface area contributed by atoms with Crippen LogP contribution in [-0.2, 0) is 4.79 Å². The molecule has 0 N–H and O–H groups in total. The highest BCUT2D eigenvalue weighted by Gasteiger charge is 1.58. The lowest BCUT2D eigenvalue weighted by Gasteiger charge is -1.39. The van der Waals surface area contributed by atoms with Gasteiger partial charge in [-0.25, -0.2) is 0 Å². The molecule has 1 heterocycles. The molecular formula is C7H8OS. The standard InChI is InChI=1S/C4H4S.C3H4O/c1-2-4-5-3-1;1-2-3-4/h1-4H;2-3H,1H2. The van der Waals surface area contributed by atoms with E-state index < -0.39 is 0 Å². The Morgan fingerprint density at radius 2 is 1.78 bits per heavy atom. The molecule has 1 rings (SSSR count). The molecule has 0 aliphatic carbocycles. The molecule has 2 heteroatoms. The first-order valence-corrected chi connectivity index (χ1v) is 3.39. The molecule has 1 aromatic rings. The summed E-state index contributed by atoms with van der Waals surface area (Å²) in [6.45, 7) is 3.11. The maximum Gasteiger partial charge on any atom is 0.142 e. The first-order chi connectivity index (χ1) is 4.41. The molecule has 0 radical (unpaired) electrons. The van der Waals surface area contributed by atoms with Gasteiger partial charge >= 0.3 is 0 Å². The average molecular weight is 140 g/mol. The maximum absolute atomic E-state index is 9.06. The van der Waals surface area contributed by atoms with Gasteiger partial charge < -0.3 is 0 Å². The van der Waals surface area contributed by atoms with Crippen LogP contribution in [-0.4, -0.2) is 6.29 Å². The molecule has 1 aromatic heterocycles. The van der Waals surface area contributed by atoms with Gasteiger partial charge in [0.1, 0.15) is 6.29 Å². The summed E-state index contributed by atoms with van der Waals surface area (Å²) in [6, 6.07) is 4.04. The van der Waals surface area contributed by atoms with Crippen LogP contribution >= 0.6 is 11.3 Å². The molecule has 0 bridgehead atoms. The van der Waals surface area contributed by atoms with Crippen molar-refractivity contribution in [3.8, 4) is 0 Å². The van der Waals surface area contributed by atoms with Crippen LogP contribution < -0.4 is 0 Å². The van der Waals surface area contributed by atoms with E-state index in [1.165, 1.54) is 6.08 Å². The first-order valence-electron chi connectivity index (χ1n) is 2.45. The van der Waals surface area contributed by atoms with Crippen molar-refractivity contribution in [1.82, 2.24) is 0 Å². The van der Waals surface area contributed by atoms with Crippen molar-refractivity contribution in [2.75, 3.05) is 0 Å². The van der Waals surface area contributed by atoms with Gasteiger partial charge in [-0.2, -0.15) is 11.3 Å². The fourth-order valence-corrected chi connectivity index (χ4v) is 0.680. The predicted molar refractivity (Wildman–Crippen MR) is 40.6 cm³/mol. The van der Waals surface area contributed by atoms with Gasteiger partial charge in [0.15, 0.2) is 0 Å². The molecular weight excluding hydrogens is 132 g/mol. The highest BCUT2D eigenvalue weighted by Crippen LogP contribution is 1.91. The van der Waals surface area contributed by atoms with Crippen LogP contribution in [0.1, 0.15) is 0 Å². The van der Waals surface area contributed by atoms with E-state index >= 15 is 0 Å². The first kappa shape index (κ1) is 8.11. The average Bonchev–Trinajstić information content (AvgIpc) is 2.43. The van der Waals surface area contributed by atoms with Crippen LogP contribution in [0.3, 0.4) is 0 Å². The minimum atomic E-state index is 0.639. The SMILES string of the molecule is C=CC=O.c1ccsc1. The van der Waals surface area contributed by atoms with Gasteiger partial charge in [0.2, 0.25) is 0 Å². The Morgan fingerprint density at radius 1 is 1.33 bits per heavy atom. The lowest BCUT2D eigenvalue weighted by atomic mass is 10.7. The van der Waals surface area contributed by atoms with E-state index in [1.54, 1.807) is 11.3 Å². The summed E-state index contributed by atoms with van der Waals surface area (Å²) in [6.07, 6.45) is 1.83. The van der Waals surface area contributed by atoms with Gasteiger partial charge in [0.25, 0.3) is 0 Å². The topological polar surface area (TPSA) is 17.1 Å². The predicted octanol–water partition coefficient (Wildman–Crippen LogP) is 2.12. The molecule has 0 aliphatic heterocycles. The molecule has 0 unspecified atom stereocenters. The van der Waals surface area contributed by atoms with Crippen LogP contribution in [0.15, 0.2) is 35.5 Å². The van der Waals surface area contributed by atoms with Crippen molar-refractivity contribution in [1.29, 1.82) is 0 Å². The molecule has 0 saturated carbocycles. The van der Waals surface area contributed by atoms with Crippen LogP contribution in [0, 0.1) is 0 Å². The number of thiophene rings is 1.